The van der Waals surface area contributed by atoms with E-state index in [9.17, 15) is 0 Å². The molecule has 190 valence electrons. The summed E-state index contributed by atoms with van der Waals surface area (Å²) in [5.41, 5.74) is 11.7. The van der Waals surface area contributed by atoms with Crippen LogP contribution >= 0.6 is 0 Å². The monoisotopic (exact) mass is 498 g/mol. The highest BCUT2D eigenvalue weighted by atomic mass is 14.9. The molecule has 38 heavy (non-hydrogen) atoms. The van der Waals surface area contributed by atoms with Gasteiger partial charge in [-0.2, -0.15) is 0 Å². The van der Waals surface area contributed by atoms with Gasteiger partial charge in [0.25, 0.3) is 0 Å². The van der Waals surface area contributed by atoms with Crippen LogP contribution in [0.2, 0.25) is 0 Å². The van der Waals surface area contributed by atoms with E-state index in [1.807, 2.05) is 12.1 Å². The average Bonchev–Trinajstić information content (AvgIpc) is 2.95. The van der Waals surface area contributed by atoms with Crippen molar-refractivity contribution in [2.45, 2.75) is 65.2 Å². The minimum absolute atomic E-state index is 0.412. The van der Waals surface area contributed by atoms with E-state index < -0.39 is 0 Å². The topological polar surface area (TPSA) is 51.6 Å². The number of hydrogen-bond donors (Lipinski definition) is 0. The van der Waals surface area contributed by atoms with Gasteiger partial charge in [0, 0.05) is 11.4 Å². The van der Waals surface area contributed by atoms with Crippen molar-refractivity contribution in [1.29, 1.82) is 0 Å². The molecule has 0 saturated heterocycles. The largest absolute Gasteiger partial charge is 0.251 e. The lowest BCUT2D eigenvalue weighted by Gasteiger charge is -2.56. The molecular formula is C34H34N4. The lowest BCUT2D eigenvalue weighted by molar-refractivity contribution is 0.0170. The Bertz CT molecular complexity index is 1500. The highest BCUT2D eigenvalue weighted by Crippen LogP contribution is 2.62. The van der Waals surface area contributed by atoms with Crippen molar-refractivity contribution >= 4 is 0 Å². The molecule has 0 aliphatic heterocycles. The summed E-state index contributed by atoms with van der Waals surface area (Å²) in [6.45, 7) is 9.66. The van der Waals surface area contributed by atoms with E-state index in [-0.39, 0.29) is 0 Å². The summed E-state index contributed by atoms with van der Waals surface area (Å²) >= 11 is 0. The fourth-order valence-electron chi connectivity index (χ4n) is 7.96. The Balaban J connectivity index is 1.10. The average molecular weight is 499 g/mol. The zero-order chi connectivity index (χ0) is 25.8. The SMILES string of the molecule is CC1(C)[C@@H]2Cc3nc(-c4cccc(-c5cccc(-c6ccc7c(n6)C[C@@H]6C[C@H]7C6(C)C)n5)n4)ccc3[C@H]1C2. The normalized spacial score (nSPS) is 26.9. The molecule has 2 fully saturated rings. The van der Waals surface area contributed by atoms with Crippen LogP contribution in [-0.2, 0) is 12.8 Å². The molecular weight excluding hydrogens is 464 g/mol. The third-order valence-corrected chi connectivity index (χ3v) is 10.9. The Kier molecular flexibility index (Phi) is 4.51. The highest BCUT2D eigenvalue weighted by Gasteiger charge is 2.53. The Hall–Kier alpha value is -3.40. The standard InChI is InChI=1S/C34H34N4/c1-33(2)19-15-23(33)21-11-13-29(37-31(21)17-19)27-9-5-7-25(35-27)26-8-6-10-28(36-26)30-14-12-22-24-16-20(34(24,3)4)18-32(22)38-30/h5-14,19-20,23-24H,15-18H2,1-4H3/t19-,20-,23+,24+/m0/s1. The predicted molar refractivity (Wildman–Crippen MR) is 151 cm³/mol. The van der Waals surface area contributed by atoms with Gasteiger partial charge in [0.05, 0.1) is 34.2 Å². The van der Waals surface area contributed by atoms with Crippen LogP contribution in [0.1, 0.15) is 74.9 Å². The predicted octanol–water partition coefficient (Wildman–Crippen LogP) is 7.64. The van der Waals surface area contributed by atoms with Crippen LogP contribution in [0.4, 0.5) is 0 Å². The first kappa shape index (κ1) is 22.6. The van der Waals surface area contributed by atoms with E-state index in [0.29, 0.717) is 22.7 Å². The Morgan fingerprint density at radius 2 is 0.868 bits per heavy atom. The zero-order valence-electron chi connectivity index (χ0n) is 22.7. The maximum absolute atomic E-state index is 5.10. The Labute approximate surface area is 225 Å². The van der Waals surface area contributed by atoms with Crippen LogP contribution in [0, 0.1) is 22.7 Å². The molecule has 4 bridgehead atoms. The van der Waals surface area contributed by atoms with Crippen molar-refractivity contribution in [1.82, 2.24) is 19.9 Å². The second-order valence-electron chi connectivity index (χ2n) is 13.3. The second-order valence-corrected chi connectivity index (χ2v) is 13.3. The number of nitrogens with zero attached hydrogens (tertiary/aromatic N) is 4. The highest BCUT2D eigenvalue weighted by molar-refractivity contribution is 5.65. The molecule has 10 rings (SSSR count). The molecule has 0 amide bonds. The minimum atomic E-state index is 0.412. The van der Waals surface area contributed by atoms with E-state index in [2.05, 4.69) is 76.2 Å². The maximum Gasteiger partial charge on any atom is 0.0894 e. The lowest BCUT2D eigenvalue weighted by atomic mass is 9.48. The van der Waals surface area contributed by atoms with Crippen molar-refractivity contribution in [3.63, 3.8) is 0 Å². The molecule has 2 saturated carbocycles. The van der Waals surface area contributed by atoms with Crippen molar-refractivity contribution < 1.29 is 0 Å². The number of aromatic nitrogens is 4. The van der Waals surface area contributed by atoms with Gasteiger partial charge < -0.3 is 0 Å². The summed E-state index contributed by atoms with van der Waals surface area (Å²) in [5.74, 6) is 2.81. The van der Waals surface area contributed by atoms with Crippen LogP contribution in [0.25, 0.3) is 34.2 Å². The molecule has 0 spiro atoms. The summed E-state index contributed by atoms with van der Waals surface area (Å²) in [6, 6.07) is 21.3. The molecule has 0 aromatic carbocycles. The molecule has 4 nitrogen and oxygen atoms in total. The van der Waals surface area contributed by atoms with E-state index in [0.717, 1.165) is 58.8 Å². The molecule has 4 aromatic heterocycles. The summed E-state index contributed by atoms with van der Waals surface area (Å²) in [4.78, 5) is 20.2. The van der Waals surface area contributed by atoms with E-state index >= 15 is 0 Å². The van der Waals surface area contributed by atoms with Gasteiger partial charge in [0.1, 0.15) is 0 Å². The summed E-state index contributed by atoms with van der Waals surface area (Å²) in [5, 5.41) is 0. The van der Waals surface area contributed by atoms with Crippen LogP contribution in [-0.4, -0.2) is 19.9 Å². The first-order valence-corrected chi connectivity index (χ1v) is 14.2. The summed E-state index contributed by atoms with van der Waals surface area (Å²) in [7, 11) is 0. The van der Waals surface area contributed by atoms with Crippen molar-refractivity contribution in [3.8, 4) is 34.2 Å². The van der Waals surface area contributed by atoms with Gasteiger partial charge in [-0.1, -0.05) is 52.0 Å². The minimum Gasteiger partial charge on any atom is -0.251 e. The fourth-order valence-corrected chi connectivity index (χ4v) is 7.96. The van der Waals surface area contributed by atoms with E-state index in [1.165, 1.54) is 35.4 Å². The van der Waals surface area contributed by atoms with Crippen LogP contribution in [0.15, 0.2) is 60.7 Å². The molecule has 4 atom stereocenters. The van der Waals surface area contributed by atoms with Gasteiger partial charge in [-0.05, 0) is 108 Å². The third-order valence-electron chi connectivity index (χ3n) is 10.9. The third kappa shape index (κ3) is 3.09. The molecule has 4 aromatic rings. The molecule has 4 heteroatoms. The van der Waals surface area contributed by atoms with E-state index in [1.54, 1.807) is 0 Å². The van der Waals surface area contributed by atoms with Gasteiger partial charge >= 0.3 is 0 Å². The molecule has 6 aliphatic carbocycles. The van der Waals surface area contributed by atoms with Crippen molar-refractivity contribution in [2.24, 2.45) is 22.7 Å². The molecule has 0 unspecified atom stereocenters. The quantitative estimate of drug-likeness (QED) is 0.291. The number of rotatable bonds is 3. The van der Waals surface area contributed by atoms with Crippen LogP contribution in [0.3, 0.4) is 0 Å². The lowest BCUT2D eigenvalue weighted by Crippen LogP contribution is -2.48. The second kappa shape index (κ2) is 7.59. The summed E-state index contributed by atoms with van der Waals surface area (Å²) < 4.78 is 0. The number of hydrogen-bond acceptors (Lipinski definition) is 4. The Morgan fingerprint density at radius 3 is 1.24 bits per heavy atom. The molecule has 6 aliphatic rings. The molecule has 0 radical (unpaired) electrons. The van der Waals surface area contributed by atoms with Crippen molar-refractivity contribution in [3.05, 3.63) is 83.2 Å². The molecule has 4 heterocycles. The Morgan fingerprint density at radius 1 is 0.500 bits per heavy atom. The zero-order valence-corrected chi connectivity index (χ0v) is 22.7. The van der Waals surface area contributed by atoms with Crippen LogP contribution in [0.5, 0.6) is 0 Å². The first-order valence-electron chi connectivity index (χ1n) is 14.2. The van der Waals surface area contributed by atoms with Gasteiger partial charge in [-0.25, -0.2) is 9.97 Å². The smallest absolute Gasteiger partial charge is 0.0894 e. The van der Waals surface area contributed by atoms with Gasteiger partial charge in [-0.15, -0.1) is 0 Å². The van der Waals surface area contributed by atoms with Gasteiger partial charge in [0.2, 0.25) is 0 Å². The maximum atomic E-state index is 5.10. The van der Waals surface area contributed by atoms with Crippen molar-refractivity contribution in [2.75, 3.05) is 0 Å². The summed E-state index contributed by atoms with van der Waals surface area (Å²) in [6.07, 6.45) is 4.80. The van der Waals surface area contributed by atoms with Crippen LogP contribution < -0.4 is 0 Å². The molecule has 0 N–H and O–H groups in total. The van der Waals surface area contributed by atoms with E-state index in [4.69, 9.17) is 19.9 Å². The fraction of sp³-hybridized carbons (Fsp3) is 0.412. The van der Waals surface area contributed by atoms with Gasteiger partial charge in [-0.3, -0.25) is 9.97 Å². The van der Waals surface area contributed by atoms with Gasteiger partial charge in [0.15, 0.2) is 0 Å². The first-order chi connectivity index (χ1) is 18.3. The number of pyridine rings is 4.